The number of amides is 1. The predicted molar refractivity (Wildman–Crippen MR) is 104 cm³/mol. The lowest BCUT2D eigenvalue weighted by Gasteiger charge is -2.10. The standard InChI is InChI=1S/C21H17F3N4O/c1-13-18(12-25-28(13)17-5-3-4-15(10-17)21(22,23)24)20(29)26-16-7-6-14-8-9-27(2)19(14)11-16/h3-12H,1-2H3,(H,26,29). The molecular weight excluding hydrogens is 381 g/mol. The fourth-order valence-electron chi connectivity index (χ4n) is 3.25. The fraction of sp³-hybridized carbons (Fsp3) is 0.143. The Bertz CT molecular complexity index is 1220. The van der Waals surface area contributed by atoms with Gasteiger partial charge in [-0.1, -0.05) is 12.1 Å². The summed E-state index contributed by atoms with van der Waals surface area (Å²) in [5.74, 6) is -0.380. The zero-order valence-corrected chi connectivity index (χ0v) is 15.7. The number of carbonyl (C=O) groups is 1. The van der Waals surface area contributed by atoms with Crippen LogP contribution in [0.5, 0.6) is 0 Å². The number of halogens is 3. The molecule has 0 saturated heterocycles. The third kappa shape index (κ3) is 3.49. The molecule has 0 aliphatic carbocycles. The number of hydrogen-bond donors (Lipinski definition) is 1. The summed E-state index contributed by atoms with van der Waals surface area (Å²) in [6, 6.07) is 12.4. The van der Waals surface area contributed by atoms with E-state index in [0.29, 0.717) is 11.4 Å². The van der Waals surface area contributed by atoms with Gasteiger partial charge in [0.15, 0.2) is 0 Å². The number of fused-ring (bicyclic) bond motifs is 1. The minimum absolute atomic E-state index is 0.238. The number of alkyl halides is 3. The van der Waals surface area contributed by atoms with Crippen molar-refractivity contribution in [3.63, 3.8) is 0 Å². The topological polar surface area (TPSA) is 51.9 Å². The van der Waals surface area contributed by atoms with Crippen LogP contribution >= 0.6 is 0 Å². The van der Waals surface area contributed by atoms with E-state index in [0.717, 1.165) is 23.0 Å². The minimum atomic E-state index is -4.45. The zero-order valence-electron chi connectivity index (χ0n) is 15.7. The van der Waals surface area contributed by atoms with E-state index in [1.54, 1.807) is 13.0 Å². The average molecular weight is 398 g/mol. The van der Waals surface area contributed by atoms with E-state index in [1.165, 1.54) is 23.0 Å². The van der Waals surface area contributed by atoms with Crippen LogP contribution in [0.2, 0.25) is 0 Å². The monoisotopic (exact) mass is 398 g/mol. The molecule has 0 unspecified atom stereocenters. The second-order valence-electron chi connectivity index (χ2n) is 6.76. The van der Waals surface area contributed by atoms with E-state index in [1.807, 2.05) is 36.0 Å². The molecule has 2 heterocycles. The summed E-state index contributed by atoms with van der Waals surface area (Å²) >= 11 is 0. The van der Waals surface area contributed by atoms with Crippen LogP contribution in [-0.4, -0.2) is 20.3 Å². The second-order valence-corrected chi connectivity index (χ2v) is 6.76. The van der Waals surface area contributed by atoms with Crippen LogP contribution in [0, 0.1) is 6.92 Å². The van der Waals surface area contributed by atoms with Crippen LogP contribution in [0.3, 0.4) is 0 Å². The summed E-state index contributed by atoms with van der Waals surface area (Å²) < 4.78 is 42.2. The molecule has 2 aromatic heterocycles. The molecule has 1 amide bonds. The van der Waals surface area contributed by atoms with Gasteiger partial charge in [0.1, 0.15) is 0 Å². The van der Waals surface area contributed by atoms with Crippen LogP contribution in [-0.2, 0) is 13.2 Å². The van der Waals surface area contributed by atoms with Gasteiger partial charge in [-0.25, -0.2) is 4.68 Å². The fourth-order valence-corrected chi connectivity index (χ4v) is 3.25. The van der Waals surface area contributed by atoms with Gasteiger partial charge in [-0.05, 0) is 48.7 Å². The minimum Gasteiger partial charge on any atom is -0.350 e. The lowest BCUT2D eigenvalue weighted by Crippen LogP contribution is -2.13. The highest BCUT2D eigenvalue weighted by Crippen LogP contribution is 2.30. The molecule has 1 N–H and O–H groups in total. The van der Waals surface area contributed by atoms with Gasteiger partial charge in [0.05, 0.1) is 28.7 Å². The zero-order chi connectivity index (χ0) is 20.8. The number of anilines is 1. The van der Waals surface area contributed by atoms with E-state index in [2.05, 4.69) is 10.4 Å². The Labute approximate surface area is 164 Å². The molecule has 148 valence electrons. The Hall–Kier alpha value is -3.55. The first-order valence-electron chi connectivity index (χ1n) is 8.83. The molecule has 0 aliphatic heterocycles. The molecule has 0 aliphatic rings. The predicted octanol–water partition coefficient (Wildman–Crippen LogP) is 4.94. The van der Waals surface area contributed by atoms with Crippen molar-refractivity contribution in [2.24, 2.45) is 7.05 Å². The first kappa shape index (κ1) is 18.8. The first-order chi connectivity index (χ1) is 13.7. The molecule has 0 bridgehead atoms. The molecule has 0 spiro atoms. The van der Waals surface area contributed by atoms with E-state index in [4.69, 9.17) is 0 Å². The highest BCUT2D eigenvalue weighted by atomic mass is 19.4. The van der Waals surface area contributed by atoms with Crippen molar-refractivity contribution in [2.75, 3.05) is 5.32 Å². The largest absolute Gasteiger partial charge is 0.416 e. The quantitative estimate of drug-likeness (QED) is 0.531. The van der Waals surface area contributed by atoms with Gasteiger partial charge in [-0.2, -0.15) is 18.3 Å². The van der Waals surface area contributed by atoms with Gasteiger partial charge < -0.3 is 9.88 Å². The number of carbonyl (C=O) groups excluding carboxylic acids is 1. The van der Waals surface area contributed by atoms with E-state index >= 15 is 0 Å². The van der Waals surface area contributed by atoms with Crippen LogP contribution < -0.4 is 5.32 Å². The number of nitrogens with one attached hydrogen (secondary N) is 1. The highest BCUT2D eigenvalue weighted by Gasteiger charge is 2.30. The molecule has 8 heteroatoms. The molecule has 0 radical (unpaired) electrons. The molecule has 0 saturated carbocycles. The summed E-state index contributed by atoms with van der Waals surface area (Å²) in [5.41, 5.74) is 1.79. The lowest BCUT2D eigenvalue weighted by atomic mass is 10.2. The molecule has 0 atom stereocenters. The normalized spacial score (nSPS) is 11.8. The summed E-state index contributed by atoms with van der Waals surface area (Å²) in [4.78, 5) is 12.7. The molecule has 29 heavy (non-hydrogen) atoms. The van der Waals surface area contributed by atoms with Gasteiger partial charge >= 0.3 is 6.18 Å². The maximum absolute atomic E-state index is 13.0. The number of nitrogens with zero attached hydrogens (tertiary/aromatic N) is 3. The van der Waals surface area contributed by atoms with Crippen molar-refractivity contribution in [3.8, 4) is 5.69 Å². The van der Waals surface area contributed by atoms with Crippen molar-refractivity contribution in [1.82, 2.24) is 14.3 Å². The van der Waals surface area contributed by atoms with Crippen LogP contribution in [0.4, 0.5) is 18.9 Å². The van der Waals surface area contributed by atoms with Crippen molar-refractivity contribution < 1.29 is 18.0 Å². The molecular formula is C21H17F3N4O. The van der Waals surface area contributed by atoms with Crippen LogP contribution in [0.15, 0.2) is 60.9 Å². The Morgan fingerprint density at radius 2 is 1.90 bits per heavy atom. The molecule has 4 rings (SSSR count). The second kappa shape index (κ2) is 6.80. The molecule has 2 aromatic carbocycles. The highest BCUT2D eigenvalue weighted by molar-refractivity contribution is 6.05. The third-order valence-corrected chi connectivity index (χ3v) is 4.82. The van der Waals surface area contributed by atoms with E-state index in [-0.39, 0.29) is 17.2 Å². The Balaban J connectivity index is 1.62. The maximum atomic E-state index is 13.0. The van der Waals surface area contributed by atoms with Gasteiger partial charge in [0.25, 0.3) is 5.91 Å². The smallest absolute Gasteiger partial charge is 0.350 e. The number of benzene rings is 2. The molecule has 4 aromatic rings. The van der Waals surface area contributed by atoms with E-state index < -0.39 is 11.7 Å². The van der Waals surface area contributed by atoms with Gasteiger partial charge in [0.2, 0.25) is 0 Å². The number of aryl methyl sites for hydroxylation is 1. The van der Waals surface area contributed by atoms with Gasteiger partial charge in [0, 0.05) is 24.4 Å². The Kier molecular flexibility index (Phi) is 4.41. The summed E-state index contributed by atoms with van der Waals surface area (Å²) in [6.07, 6.45) is -1.17. The van der Waals surface area contributed by atoms with Gasteiger partial charge in [-0.15, -0.1) is 0 Å². The van der Waals surface area contributed by atoms with E-state index in [9.17, 15) is 18.0 Å². The molecule has 0 fully saturated rings. The summed E-state index contributed by atoms with van der Waals surface area (Å²) in [7, 11) is 1.91. The first-order valence-corrected chi connectivity index (χ1v) is 8.83. The number of hydrogen-bond acceptors (Lipinski definition) is 2. The number of aromatic nitrogens is 3. The van der Waals surface area contributed by atoms with Crippen molar-refractivity contribution in [3.05, 3.63) is 77.7 Å². The average Bonchev–Trinajstić information content (AvgIpc) is 3.24. The number of rotatable bonds is 3. The SMILES string of the molecule is Cc1c(C(=O)Nc2ccc3ccn(C)c3c2)cnn1-c1cccc(C(F)(F)F)c1. The Morgan fingerprint density at radius 3 is 2.66 bits per heavy atom. The summed E-state index contributed by atoms with van der Waals surface area (Å²) in [5, 5.41) is 7.99. The summed E-state index contributed by atoms with van der Waals surface area (Å²) in [6.45, 7) is 1.64. The van der Waals surface area contributed by atoms with Crippen LogP contribution in [0.25, 0.3) is 16.6 Å². The third-order valence-electron chi connectivity index (χ3n) is 4.82. The lowest BCUT2D eigenvalue weighted by molar-refractivity contribution is -0.137. The van der Waals surface area contributed by atoms with Crippen molar-refractivity contribution in [2.45, 2.75) is 13.1 Å². The van der Waals surface area contributed by atoms with Crippen molar-refractivity contribution in [1.29, 1.82) is 0 Å². The Morgan fingerprint density at radius 1 is 1.10 bits per heavy atom. The van der Waals surface area contributed by atoms with Crippen molar-refractivity contribution >= 4 is 22.5 Å². The van der Waals surface area contributed by atoms with Gasteiger partial charge in [-0.3, -0.25) is 4.79 Å². The maximum Gasteiger partial charge on any atom is 0.416 e. The van der Waals surface area contributed by atoms with Crippen LogP contribution in [0.1, 0.15) is 21.6 Å². The molecule has 5 nitrogen and oxygen atoms in total.